The predicted molar refractivity (Wildman–Crippen MR) is 263 cm³/mol. The first kappa shape index (κ1) is 37.3. The topological polar surface area (TPSA) is 3.24 Å². The van der Waals surface area contributed by atoms with Crippen LogP contribution in [-0.4, -0.2) is 0 Å². The van der Waals surface area contributed by atoms with Crippen molar-refractivity contribution in [3.05, 3.63) is 248 Å². The maximum Gasteiger partial charge on any atom is 0.0465 e. The second-order valence-corrected chi connectivity index (χ2v) is 17.0. The highest BCUT2D eigenvalue weighted by atomic mass is 15.1. The molecule has 10 aromatic carbocycles. The van der Waals surface area contributed by atoms with Gasteiger partial charge < -0.3 is 4.90 Å². The molecule has 10 aromatic rings. The Labute approximate surface area is 364 Å². The molecule has 11 rings (SSSR count). The summed E-state index contributed by atoms with van der Waals surface area (Å²) in [5, 5.41) is 2.52. The molecule has 0 amide bonds. The van der Waals surface area contributed by atoms with Crippen LogP contribution in [0.5, 0.6) is 0 Å². The average molecular weight is 792 g/mol. The highest BCUT2D eigenvalue weighted by molar-refractivity contribution is 5.97. The van der Waals surface area contributed by atoms with Gasteiger partial charge in [0.25, 0.3) is 0 Å². The SMILES string of the molecule is CC1(C)c2cc(-c3ccc(-c4ccc(-c5ccccc5)cc4)cc3)ccc2-c2ccc(N(c3ccc(-c4ccccc4)cc3)c3ccc(-c4cccc5ccccc45)cc3)cc21. The van der Waals surface area contributed by atoms with E-state index in [1.54, 1.807) is 0 Å². The van der Waals surface area contributed by atoms with Gasteiger partial charge in [0.2, 0.25) is 0 Å². The second kappa shape index (κ2) is 15.4. The molecule has 62 heavy (non-hydrogen) atoms. The Morgan fingerprint density at radius 3 is 1.23 bits per heavy atom. The van der Waals surface area contributed by atoms with Crippen LogP contribution in [0.1, 0.15) is 25.0 Å². The van der Waals surface area contributed by atoms with E-state index in [0.717, 1.165) is 17.1 Å². The monoisotopic (exact) mass is 791 g/mol. The van der Waals surface area contributed by atoms with Gasteiger partial charge >= 0.3 is 0 Å². The van der Waals surface area contributed by atoms with Crippen LogP contribution < -0.4 is 4.90 Å². The van der Waals surface area contributed by atoms with Crippen molar-refractivity contribution >= 4 is 27.8 Å². The maximum absolute atomic E-state index is 2.43. The molecule has 0 fully saturated rings. The van der Waals surface area contributed by atoms with Crippen molar-refractivity contribution in [1.82, 2.24) is 0 Å². The zero-order chi connectivity index (χ0) is 41.6. The summed E-state index contributed by atoms with van der Waals surface area (Å²) in [4.78, 5) is 2.41. The number of anilines is 3. The molecule has 0 saturated carbocycles. The third-order valence-corrected chi connectivity index (χ3v) is 12.9. The summed E-state index contributed by atoms with van der Waals surface area (Å²) in [5.74, 6) is 0. The van der Waals surface area contributed by atoms with Crippen molar-refractivity contribution in [2.45, 2.75) is 19.3 Å². The number of nitrogens with zero attached hydrogens (tertiary/aromatic N) is 1. The molecule has 0 heterocycles. The quantitative estimate of drug-likeness (QED) is 0.148. The van der Waals surface area contributed by atoms with Crippen LogP contribution in [0.4, 0.5) is 17.1 Å². The molecule has 0 aromatic heterocycles. The van der Waals surface area contributed by atoms with Crippen LogP contribution in [0.15, 0.2) is 237 Å². The van der Waals surface area contributed by atoms with E-state index in [9.17, 15) is 0 Å². The molecule has 0 unspecified atom stereocenters. The van der Waals surface area contributed by atoms with Crippen LogP contribution in [0.25, 0.3) is 77.5 Å². The molecule has 1 aliphatic rings. The lowest BCUT2D eigenvalue weighted by Crippen LogP contribution is -2.16. The predicted octanol–water partition coefficient (Wildman–Crippen LogP) is 17.0. The molecule has 0 spiro atoms. The lowest BCUT2D eigenvalue weighted by Gasteiger charge is -2.28. The van der Waals surface area contributed by atoms with Crippen molar-refractivity contribution in [3.63, 3.8) is 0 Å². The van der Waals surface area contributed by atoms with Gasteiger partial charge in [-0.15, -0.1) is 0 Å². The Morgan fingerprint density at radius 1 is 0.274 bits per heavy atom. The summed E-state index contributed by atoms with van der Waals surface area (Å²) in [7, 11) is 0. The number of fused-ring (bicyclic) bond motifs is 4. The molecule has 1 aliphatic carbocycles. The maximum atomic E-state index is 2.43. The fourth-order valence-electron chi connectivity index (χ4n) is 9.53. The number of hydrogen-bond donors (Lipinski definition) is 0. The summed E-state index contributed by atoms with van der Waals surface area (Å²) in [6.07, 6.45) is 0. The van der Waals surface area contributed by atoms with Gasteiger partial charge in [0, 0.05) is 22.5 Å². The first-order valence-corrected chi connectivity index (χ1v) is 21.6. The number of hydrogen-bond acceptors (Lipinski definition) is 1. The molecule has 0 N–H and O–H groups in total. The highest BCUT2D eigenvalue weighted by Crippen LogP contribution is 2.52. The van der Waals surface area contributed by atoms with Crippen molar-refractivity contribution in [2.75, 3.05) is 4.90 Å². The van der Waals surface area contributed by atoms with E-state index in [2.05, 4.69) is 255 Å². The molecular weight excluding hydrogens is 747 g/mol. The van der Waals surface area contributed by atoms with Gasteiger partial charge in [-0.25, -0.2) is 0 Å². The van der Waals surface area contributed by atoms with E-state index in [1.807, 2.05) is 0 Å². The van der Waals surface area contributed by atoms with Gasteiger partial charge in [-0.2, -0.15) is 0 Å². The van der Waals surface area contributed by atoms with Crippen molar-refractivity contribution in [2.24, 2.45) is 0 Å². The van der Waals surface area contributed by atoms with Crippen molar-refractivity contribution in [1.29, 1.82) is 0 Å². The largest absolute Gasteiger partial charge is 0.310 e. The van der Waals surface area contributed by atoms with Crippen molar-refractivity contribution < 1.29 is 0 Å². The Hall–Kier alpha value is -7.74. The van der Waals surface area contributed by atoms with Crippen LogP contribution in [0.2, 0.25) is 0 Å². The molecule has 0 radical (unpaired) electrons. The molecule has 0 bridgehead atoms. The van der Waals surface area contributed by atoms with Crippen molar-refractivity contribution in [3.8, 4) is 66.8 Å². The van der Waals surface area contributed by atoms with Gasteiger partial charge in [-0.3, -0.25) is 0 Å². The minimum Gasteiger partial charge on any atom is -0.310 e. The van der Waals surface area contributed by atoms with E-state index < -0.39 is 0 Å². The third-order valence-electron chi connectivity index (χ3n) is 12.9. The second-order valence-electron chi connectivity index (χ2n) is 17.0. The summed E-state index contributed by atoms with van der Waals surface area (Å²) in [6.45, 7) is 4.76. The zero-order valence-corrected chi connectivity index (χ0v) is 35.0. The molecule has 1 nitrogen and oxygen atoms in total. The molecule has 0 saturated heterocycles. The minimum absolute atomic E-state index is 0.196. The van der Waals surface area contributed by atoms with Crippen LogP contribution >= 0.6 is 0 Å². The van der Waals surface area contributed by atoms with E-state index in [1.165, 1.54) is 88.7 Å². The molecule has 1 heteroatoms. The summed E-state index contributed by atoms with van der Waals surface area (Å²) < 4.78 is 0. The zero-order valence-electron chi connectivity index (χ0n) is 35.0. The lowest BCUT2D eigenvalue weighted by molar-refractivity contribution is 0.660. The van der Waals surface area contributed by atoms with E-state index in [0.29, 0.717) is 0 Å². The third kappa shape index (κ3) is 6.69. The molecular formula is C61H45N. The van der Waals surface area contributed by atoms with E-state index in [-0.39, 0.29) is 5.41 Å². The number of benzene rings is 10. The van der Waals surface area contributed by atoms with E-state index in [4.69, 9.17) is 0 Å². The van der Waals surface area contributed by atoms with Gasteiger partial charge in [0.15, 0.2) is 0 Å². The first-order valence-electron chi connectivity index (χ1n) is 21.6. The lowest BCUT2D eigenvalue weighted by atomic mass is 9.81. The van der Waals surface area contributed by atoms with E-state index >= 15 is 0 Å². The van der Waals surface area contributed by atoms with Gasteiger partial charge in [-0.1, -0.05) is 208 Å². The first-order chi connectivity index (χ1) is 30.5. The Balaban J connectivity index is 0.923. The fourth-order valence-corrected chi connectivity index (χ4v) is 9.53. The Bertz CT molecular complexity index is 3190. The average Bonchev–Trinajstić information content (AvgIpc) is 3.57. The number of rotatable bonds is 8. The van der Waals surface area contributed by atoms with Crippen LogP contribution in [0, 0.1) is 0 Å². The highest BCUT2D eigenvalue weighted by Gasteiger charge is 2.36. The smallest absolute Gasteiger partial charge is 0.0465 e. The standard InChI is InChI=1S/C61H45N/c1-61(2)59-40-51(48-26-24-46(25-27-48)45-22-20-44(21-23-45)42-12-5-3-6-13-42)32-38-57(59)58-39-37-54(41-60(58)61)62(52-33-28-47(29-34-52)43-14-7-4-8-15-43)53-35-30-50(31-36-53)56-19-11-17-49-16-9-10-18-55(49)56/h3-41H,1-2H3. The van der Waals surface area contributed by atoms with Crippen LogP contribution in [0.3, 0.4) is 0 Å². The fraction of sp³-hybridized carbons (Fsp3) is 0.0492. The van der Waals surface area contributed by atoms with Gasteiger partial charge in [-0.05, 0) is 131 Å². The normalized spacial score (nSPS) is 12.5. The Morgan fingerprint density at radius 2 is 0.661 bits per heavy atom. The van der Waals surface area contributed by atoms with Crippen LogP contribution in [-0.2, 0) is 5.41 Å². The Kier molecular flexibility index (Phi) is 9.24. The molecule has 0 atom stereocenters. The summed E-state index contributed by atoms with van der Waals surface area (Å²) >= 11 is 0. The van der Waals surface area contributed by atoms with Gasteiger partial charge in [0.1, 0.15) is 0 Å². The molecule has 0 aliphatic heterocycles. The minimum atomic E-state index is -0.196. The summed E-state index contributed by atoms with van der Waals surface area (Å²) in [5.41, 5.74) is 20.7. The van der Waals surface area contributed by atoms with Gasteiger partial charge in [0.05, 0.1) is 0 Å². The summed E-state index contributed by atoms with van der Waals surface area (Å²) in [6, 6.07) is 86.5. The molecule has 294 valence electrons.